The van der Waals surface area contributed by atoms with E-state index in [9.17, 15) is 0 Å². The van der Waals surface area contributed by atoms with Crippen LogP contribution in [0.15, 0.2) is 234 Å². The summed E-state index contributed by atoms with van der Waals surface area (Å²) in [5, 5.41) is 12.0. The second-order valence-corrected chi connectivity index (χ2v) is 20.6. The fourth-order valence-electron chi connectivity index (χ4n) is 10.4. The van der Waals surface area contributed by atoms with Gasteiger partial charge in [0.1, 0.15) is 0 Å². The third kappa shape index (κ3) is 6.29. The summed E-state index contributed by atoms with van der Waals surface area (Å²) in [6, 6.07) is 86.4. The molecule has 0 N–H and O–H groups in total. The second kappa shape index (κ2) is 15.5. The molecule has 0 aliphatic carbocycles. The first-order valence-electron chi connectivity index (χ1n) is 21.7. The van der Waals surface area contributed by atoms with Gasteiger partial charge in [0.05, 0.1) is 8.80 Å². The van der Waals surface area contributed by atoms with Gasteiger partial charge in [-0.05, 0) is 123 Å². The van der Waals surface area contributed by atoms with E-state index in [4.69, 9.17) is 0 Å². The molecule has 11 aromatic rings. The Hall–Kier alpha value is -6.97. The summed E-state index contributed by atoms with van der Waals surface area (Å²) in [5.74, 6) is 0. The Morgan fingerprint density at radius 3 is 1.27 bits per heavy atom. The molecule has 1 heterocycles. The van der Waals surface area contributed by atoms with Gasteiger partial charge in [-0.1, -0.05) is 223 Å². The lowest BCUT2D eigenvalue weighted by molar-refractivity contribution is 1.33. The van der Waals surface area contributed by atoms with Crippen molar-refractivity contribution in [3.05, 3.63) is 236 Å². The molecule has 0 bridgehead atoms. The minimum Gasteiger partial charge on any atom is -0.0894 e. The lowest BCUT2D eigenvalue weighted by Gasteiger charge is -2.24. The molecule has 1 aliphatic rings. The molecule has 0 saturated heterocycles. The van der Waals surface area contributed by atoms with Crippen LogP contribution in [0.25, 0.3) is 87.6 Å². The number of rotatable bonds is 6. The molecule has 12 rings (SSSR count). The zero-order valence-electron chi connectivity index (χ0n) is 34.3. The third-order valence-corrected chi connectivity index (χ3v) is 17.4. The highest BCUT2D eigenvalue weighted by Gasteiger charge is 2.31. The SMILES string of the molecule is c1ccc(Sc2ccc3ccccc3c2-c2c([SiH]3Cc4cc(-c5ccccc5)c5ccccc5c4-c4c(cc(-c5ccccc5)c5ccccc45)C3)ccc3ccccc23)cc1. The molecule has 0 atom stereocenters. The molecule has 0 nitrogen and oxygen atoms in total. The molecule has 0 saturated carbocycles. The van der Waals surface area contributed by atoms with E-state index in [1.807, 2.05) is 11.8 Å². The smallest absolute Gasteiger partial charge is 0.0803 e. The predicted octanol–water partition coefficient (Wildman–Crippen LogP) is 15.4. The van der Waals surface area contributed by atoms with Crippen molar-refractivity contribution < 1.29 is 0 Å². The fraction of sp³-hybridized carbons (Fsp3) is 0.0333. The first-order valence-corrected chi connectivity index (χ1v) is 24.8. The quantitative estimate of drug-likeness (QED) is 0.151. The summed E-state index contributed by atoms with van der Waals surface area (Å²) < 4.78 is 0. The van der Waals surface area contributed by atoms with Crippen molar-refractivity contribution >= 4 is 68.8 Å². The number of hydrogen-bond acceptors (Lipinski definition) is 1. The first kappa shape index (κ1) is 36.8. The number of hydrogen-bond donors (Lipinski definition) is 0. The van der Waals surface area contributed by atoms with Gasteiger partial charge in [-0.3, -0.25) is 0 Å². The Kier molecular flexibility index (Phi) is 9.21. The lowest BCUT2D eigenvalue weighted by atomic mass is 9.83. The first-order chi connectivity index (χ1) is 30.8. The summed E-state index contributed by atoms with van der Waals surface area (Å²) in [5.41, 5.74) is 13.7. The Bertz CT molecular complexity index is 3350. The summed E-state index contributed by atoms with van der Waals surface area (Å²) in [6.45, 7) is 0. The van der Waals surface area contributed by atoms with Crippen molar-refractivity contribution in [2.75, 3.05) is 0 Å². The van der Waals surface area contributed by atoms with E-state index in [1.54, 1.807) is 0 Å². The maximum atomic E-state index is 2.58. The highest BCUT2D eigenvalue weighted by Crippen LogP contribution is 2.48. The monoisotopic (exact) mass is 822 g/mol. The van der Waals surface area contributed by atoms with Gasteiger partial charge in [0.2, 0.25) is 0 Å². The molecule has 1 aliphatic heterocycles. The van der Waals surface area contributed by atoms with Crippen molar-refractivity contribution in [1.29, 1.82) is 0 Å². The van der Waals surface area contributed by atoms with E-state index >= 15 is 0 Å². The van der Waals surface area contributed by atoms with Gasteiger partial charge in [0, 0.05) is 15.4 Å². The largest absolute Gasteiger partial charge is 0.0894 e. The highest BCUT2D eigenvalue weighted by atomic mass is 32.2. The molecule has 11 aromatic carbocycles. The van der Waals surface area contributed by atoms with E-state index in [2.05, 4.69) is 224 Å². The fourth-order valence-corrected chi connectivity index (χ4v) is 14.8. The van der Waals surface area contributed by atoms with E-state index in [0.717, 1.165) is 12.1 Å². The van der Waals surface area contributed by atoms with E-state index in [-0.39, 0.29) is 0 Å². The van der Waals surface area contributed by atoms with Gasteiger partial charge in [-0.15, -0.1) is 0 Å². The summed E-state index contributed by atoms with van der Waals surface area (Å²) in [6.07, 6.45) is 0. The Morgan fingerprint density at radius 1 is 0.323 bits per heavy atom. The Balaban J connectivity index is 1.19. The van der Waals surface area contributed by atoms with E-state index in [1.165, 1.54) is 114 Å². The molecule has 0 aromatic heterocycles. The van der Waals surface area contributed by atoms with Gasteiger partial charge in [0.25, 0.3) is 0 Å². The van der Waals surface area contributed by atoms with E-state index in [0.29, 0.717) is 0 Å². The highest BCUT2D eigenvalue weighted by molar-refractivity contribution is 7.99. The molecular weight excluding hydrogens is 781 g/mol. The Morgan fingerprint density at radius 2 is 0.742 bits per heavy atom. The molecule has 0 unspecified atom stereocenters. The summed E-state index contributed by atoms with van der Waals surface area (Å²) >= 11 is 1.89. The van der Waals surface area contributed by atoms with Gasteiger partial charge >= 0.3 is 0 Å². The second-order valence-electron chi connectivity index (χ2n) is 16.7. The van der Waals surface area contributed by atoms with Crippen LogP contribution in [0.5, 0.6) is 0 Å². The topological polar surface area (TPSA) is 0 Å². The van der Waals surface area contributed by atoms with Crippen LogP contribution < -0.4 is 5.19 Å². The van der Waals surface area contributed by atoms with Gasteiger partial charge in [-0.2, -0.15) is 0 Å². The summed E-state index contributed by atoms with van der Waals surface area (Å²) in [7, 11) is -1.91. The number of benzene rings is 11. The van der Waals surface area contributed by atoms with Crippen LogP contribution in [0.3, 0.4) is 0 Å². The van der Waals surface area contributed by atoms with Crippen molar-refractivity contribution in [2.45, 2.75) is 21.9 Å². The molecule has 62 heavy (non-hydrogen) atoms. The molecule has 0 spiro atoms. The molecule has 292 valence electrons. The van der Waals surface area contributed by atoms with Crippen LogP contribution in [0.1, 0.15) is 11.1 Å². The molecular formula is C60H42SSi. The van der Waals surface area contributed by atoms with Crippen molar-refractivity contribution in [1.82, 2.24) is 0 Å². The lowest BCUT2D eigenvalue weighted by Crippen LogP contribution is -2.36. The van der Waals surface area contributed by atoms with E-state index < -0.39 is 8.80 Å². The molecule has 0 radical (unpaired) electrons. The van der Waals surface area contributed by atoms with Crippen LogP contribution in [0, 0.1) is 0 Å². The average molecular weight is 823 g/mol. The van der Waals surface area contributed by atoms with Gasteiger partial charge in [-0.25, -0.2) is 0 Å². The van der Waals surface area contributed by atoms with Crippen LogP contribution >= 0.6 is 11.8 Å². The van der Waals surface area contributed by atoms with Crippen LogP contribution in [0.2, 0.25) is 0 Å². The van der Waals surface area contributed by atoms with Crippen molar-refractivity contribution in [2.24, 2.45) is 0 Å². The van der Waals surface area contributed by atoms with Crippen LogP contribution in [-0.2, 0) is 12.1 Å². The Labute approximate surface area is 368 Å². The normalized spacial score (nSPS) is 12.7. The maximum absolute atomic E-state index is 2.58. The van der Waals surface area contributed by atoms with Gasteiger partial charge < -0.3 is 0 Å². The standard InChI is InChI=1S/C60H42SSi/c1-4-18-40(19-5-1)53-36-44-38-62(39-45-37-54(41-20-6-2-7-21-41)50-29-15-17-31-52(50)58(45)57(44)51-30-16-14-28-49(51)53)56-35-33-43-23-11-13-27-48(43)60(56)59-47-26-12-10-22-42(47)32-34-55(59)61-46-24-8-3-9-25-46/h1-37,62H,38-39H2. The van der Waals surface area contributed by atoms with Crippen molar-refractivity contribution in [3.8, 4) is 44.5 Å². The predicted molar refractivity (Wildman–Crippen MR) is 269 cm³/mol. The van der Waals surface area contributed by atoms with Crippen molar-refractivity contribution in [3.63, 3.8) is 0 Å². The summed E-state index contributed by atoms with van der Waals surface area (Å²) in [4.78, 5) is 2.55. The van der Waals surface area contributed by atoms with Crippen LogP contribution in [0.4, 0.5) is 0 Å². The number of fused-ring (bicyclic) bond motifs is 9. The average Bonchev–Trinajstić information content (AvgIpc) is 3.51. The minimum atomic E-state index is -1.91. The molecule has 0 fully saturated rings. The zero-order chi connectivity index (χ0) is 41.0. The zero-order valence-corrected chi connectivity index (χ0v) is 36.2. The maximum Gasteiger partial charge on any atom is 0.0803 e. The molecule has 0 amide bonds. The van der Waals surface area contributed by atoms with Crippen LogP contribution in [-0.4, -0.2) is 8.80 Å². The minimum absolute atomic E-state index is 1.04. The van der Waals surface area contributed by atoms with Gasteiger partial charge in [0.15, 0.2) is 0 Å². The molecule has 2 heteroatoms. The third-order valence-electron chi connectivity index (χ3n) is 13.1.